The van der Waals surface area contributed by atoms with Gasteiger partial charge < -0.3 is 5.11 Å². The molecule has 0 aromatic heterocycles. The molecular weight excluding hydrogens is 321 g/mol. The van der Waals surface area contributed by atoms with Gasteiger partial charge in [0.25, 0.3) is 11.6 Å². The number of amides is 1. The summed E-state index contributed by atoms with van der Waals surface area (Å²) in [5.41, 5.74) is -3.41. The zero-order valence-electron chi connectivity index (χ0n) is 11.9. The van der Waals surface area contributed by atoms with Crippen LogP contribution in [0.25, 0.3) is 0 Å². The number of carbonyl (C=O) groups is 1. The minimum Gasteiger partial charge on any atom is -0.362 e. The Bertz CT molecular complexity index is 631. The topological polar surface area (TPSA) is 52.9 Å². The maximum Gasteiger partial charge on any atom is 0.438 e. The van der Waals surface area contributed by atoms with Crippen molar-refractivity contribution in [2.75, 3.05) is 0 Å². The zero-order valence-corrected chi connectivity index (χ0v) is 12.6. The molecule has 1 aromatic carbocycles. The van der Waals surface area contributed by atoms with Gasteiger partial charge in [-0.15, -0.1) is 0 Å². The molecule has 0 spiro atoms. The first-order valence-corrected chi connectivity index (χ1v) is 6.91. The number of nitrogens with zero attached hydrogens (tertiary/aromatic N) is 2. The van der Waals surface area contributed by atoms with E-state index < -0.39 is 24.2 Å². The van der Waals surface area contributed by atoms with Crippen molar-refractivity contribution >= 4 is 23.2 Å². The molecule has 120 valence electrons. The van der Waals surface area contributed by atoms with Crippen LogP contribution in [-0.2, 0) is 0 Å². The molecule has 1 aliphatic rings. The molecule has 1 atom stereocenters. The monoisotopic (exact) mass is 334 g/mol. The number of halogens is 4. The fourth-order valence-corrected chi connectivity index (χ4v) is 2.29. The molecule has 0 unspecified atom stereocenters. The minimum absolute atomic E-state index is 0.00905. The highest BCUT2D eigenvalue weighted by molar-refractivity contribution is 6.33. The van der Waals surface area contributed by atoms with E-state index in [9.17, 15) is 23.1 Å². The third-order valence-corrected chi connectivity index (χ3v) is 3.75. The number of rotatable bonds is 2. The van der Waals surface area contributed by atoms with Crippen molar-refractivity contribution in [3.8, 4) is 0 Å². The van der Waals surface area contributed by atoms with Crippen molar-refractivity contribution in [1.29, 1.82) is 0 Å². The predicted molar refractivity (Wildman–Crippen MR) is 75.5 cm³/mol. The van der Waals surface area contributed by atoms with Crippen LogP contribution in [-0.4, -0.2) is 33.6 Å². The smallest absolute Gasteiger partial charge is 0.362 e. The first-order chi connectivity index (χ1) is 10.1. The van der Waals surface area contributed by atoms with Gasteiger partial charge in [0.05, 0.1) is 10.6 Å². The predicted octanol–water partition coefficient (Wildman–Crippen LogP) is 3.45. The normalized spacial score (nSPS) is 22.2. The average Bonchev–Trinajstić information content (AvgIpc) is 2.78. The van der Waals surface area contributed by atoms with Gasteiger partial charge in [-0.3, -0.25) is 4.79 Å². The second-order valence-corrected chi connectivity index (χ2v) is 5.74. The number of alkyl halides is 3. The largest absolute Gasteiger partial charge is 0.438 e. The number of aliphatic hydroxyl groups is 1. The summed E-state index contributed by atoms with van der Waals surface area (Å²) < 4.78 is 39.8. The molecule has 4 nitrogen and oxygen atoms in total. The van der Waals surface area contributed by atoms with Crippen molar-refractivity contribution in [1.82, 2.24) is 5.01 Å². The molecule has 1 amide bonds. The molecule has 1 aliphatic heterocycles. The summed E-state index contributed by atoms with van der Waals surface area (Å²) in [5, 5.41) is 13.8. The van der Waals surface area contributed by atoms with Crippen LogP contribution in [0, 0.1) is 5.92 Å². The first-order valence-electron chi connectivity index (χ1n) is 6.53. The van der Waals surface area contributed by atoms with Crippen molar-refractivity contribution < 1.29 is 23.1 Å². The van der Waals surface area contributed by atoms with Crippen LogP contribution >= 0.6 is 11.6 Å². The molecular formula is C14H14ClF3N2O2. The van der Waals surface area contributed by atoms with Crippen molar-refractivity contribution in [3.05, 3.63) is 34.9 Å². The van der Waals surface area contributed by atoms with Crippen molar-refractivity contribution in [3.63, 3.8) is 0 Å². The molecule has 0 fully saturated rings. The third-order valence-electron chi connectivity index (χ3n) is 3.42. The van der Waals surface area contributed by atoms with Gasteiger partial charge in [0.1, 0.15) is 0 Å². The van der Waals surface area contributed by atoms with Crippen LogP contribution in [0.4, 0.5) is 13.2 Å². The second kappa shape index (κ2) is 5.55. The SMILES string of the molecule is CC(C)C1=NN(C(=O)c2ccccc2Cl)[C@](O)(C(F)(F)F)C1. The lowest BCUT2D eigenvalue weighted by Gasteiger charge is -2.32. The molecule has 0 aliphatic carbocycles. The Kier molecular flexibility index (Phi) is 4.23. The number of hydrazone groups is 1. The molecule has 0 saturated heterocycles. The van der Waals surface area contributed by atoms with Gasteiger partial charge in [0.2, 0.25) is 0 Å². The van der Waals surface area contributed by atoms with Gasteiger partial charge in [-0.05, 0) is 18.1 Å². The Morgan fingerprint density at radius 2 is 2.00 bits per heavy atom. The molecule has 1 heterocycles. The maximum absolute atomic E-state index is 13.3. The summed E-state index contributed by atoms with van der Waals surface area (Å²) in [6.07, 6.45) is -5.81. The summed E-state index contributed by atoms with van der Waals surface area (Å²) in [5.74, 6) is -1.43. The van der Waals surface area contributed by atoms with Crippen LogP contribution in [0.5, 0.6) is 0 Å². The van der Waals surface area contributed by atoms with E-state index in [2.05, 4.69) is 5.10 Å². The minimum atomic E-state index is -5.04. The highest BCUT2D eigenvalue weighted by atomic mass is 35.5. The molecule has 0 saturated carbocycles. The molecule has 0 bridgehead atoms. The summed E-state index contributed by atoms with van der Waals surface area (Å²) in [6.45, 7) is 3.28. The third kappa shape index (κ3) is 2.70. The van der Waals surface area contributed by atoms with Crippen molar-refractivity contribution in [2.24, 2.45) is 11.0 Å². The summed E-state index contributed by atoms with van der Waals surface area (Å²) in [4.78, 5) is 12.4. The van der Waals surface area contributed by atoms with E-state index in [0.29, 0.717) is 0 Å². The molecule has 1 aromatic rings. The Morgan fingerprint density at radius 3 is 2.50 bits per heavy atom. The van der Waals surface area contributed by atoms with Gasteiger partial charge in [0.15, 0.2) is 0 Å². The van der Waals surface area contributed by atoms with Gasteiger partial charge in [-0.1, -0.05) is 37.6 Å². The van der Waals surface area contributed by atoms with E-state index in [1.54, 1.807) is 19.9 Å². The zero-order chi connectivity index (χ0) is 16.7. The van der Waals surface area contributed by atoms with Crippen molar-refractivity contribution in [2.45, 2.75) is 32.2 Å². The molecule has 2 rings (SSSR count). The quantitative estimate of drug-likeness (QED) is 0.900. The van der Waals surface area contributed by atoms with Crippen LogP contribution in [0.3, 0.4) is 0 Å². The highest BCUT2D eigenvalue weighted by Crippen LogP contribution is 2.42. The van der Waals surface area contributed by atoms with Gasteiger partial charge in [-0.2, -0.15) is 23.3 Å². The number of hydrogen-bond acceptors (Lipinski definition) is 3. The lowest BCUT2D eigenvalue weighted by Crippen LogP contribution is -2.56. The standard InChI is InChI=1S/C14H14ClF3N2O2/c1-8(2)11-7-13(22,14(16,17)18)20(19-11)12(21)9-5-3-4-6-10(9)15/h3-6,8,22H,7H2,1-2H3/t13-/m1/s1. The lowest BCUT2D eigenvalue weighted by molar-refractivity contribution is -0.297. The second-order valence-electron chi connectivity index (χ2n) is 5.33. The Morgan fingerprint density at radius 1 is 1.41 bits per heavy atom. The molecule has 1 N–H and O–H groups in total. The summed E-state index contributed by atoms with van der Waals surface area (Å²) in [7, 11) is 0. The van der Waals surface area contributed by atoms with Crippen LogP contribution < -0.4 is 0 Å². The van der Waals surface area contributed by atoms with Crippen LogP contribution in [0.2, 0.25) is 5.02 Å². The first kappa shape index (κ1) is 16.8. The fourth-order valence-electron chi connectivity index (χ4n) is 2.08. The average molecular weight is 335 g/mol. The van der Waals surface area contributed by atoms with Gasteiger partial charge in [-0.25, -0.2) is 0 Å². The number of hydrogen-bond donors (Lipinski definition) is 1. The van der Waals surface area contributed by atoms with E-state index in [-0.39, 0.29) is 27.2 Å². The van der Waals surface area contributed by atoms with Gasteiger partial charge >= 0.3 is 6.18 Å². The van der Waals surface area contributed by atoms with E-state index >= 15 is 0 Å². The molecule has 0 radical (unpaired) electrons. The molecule has 22 heavy (non-hydrogen) atoms. The Labute approximate surface area is 130 Å². The van der Waals surface area contributed by atoms with E-state index in [1.807, 2.05) is 0 Å². The van der Waals surface area contributed by atoms with E-state index in [0.717, 1.165) is 0 Å². The molecule has 8 heteroatoms. The van der Waals surface area contributed by atoms with Crippen LogP contribution in [0.1, 0.15) is 30.6 Å². The van der Waals surface area contributed by atoms with E-state index in [1.165, 1.54) is 18.2 Å². The Hall–Kier alpha value is -1.60. The van der Waals surface area contributed by atoms with Crippen LogP contribution in [0.15, 0.2) is 29.4 Å². The maximum atomic E-state index is 13.3. The number of benzene rings is 1. The van der Waals surface area contributed by atoms with Gasteiger partial charge in [0, 0.05) is 12.1 Å². The number of carbonyl (C=O) groups excluding carboxylic acids is 1. The summed E-state index contributed by atoms with van der Waals surface area (Å²) in [6, 6.07) is 5.67. The summed E-state index contributed by atoms with van der Waals surface area (Å²) >= 11 is 5.84. The lowest BCUT2D eigenvalue weighted by atomic mass is 9.99. The Balaban J connectivity index is 2.49. The highest BCUT2D eigenvalue weighted by Gasteiger charge is 2.63. The van der Waals surface area contributed by atoms with E-state index in [4.69, 9.17) is 11.6 Å². The fraction of sp³-hybridized carbons (Fsp3) is 0.429.